The van der Waals surface area contributed by atoms with E-state index in [1.54, 1.807) is 25.2 Å². The molecule has 6 nitrogen and oxygen atoms in total. The van der Waals surface area contributed by atoms with Crippen molar-refractivity contribution in [2.75, 3.05) is 11.1 Å². The summed E-state index contributed by atoms with van der Waals surface area (Å²) in [4.78, 5) is 0. The molecular weight excluding hydrogens is 216 g/mol. The van der Waals surface area contributed by atoms with Gasteiger partial charge in [-0.25, -0.2) is 4.68 Å². The second-order valence-electron chi connectivity index (χ2n) is 2.99. The fraction of sp³-hybridized carbons (Fsp3) is 0.125. The van der Waals surface area contributed by atoms with Crippen molar-refractivity contribution < 1.29 is 0 Å². The highest BCUT2D eigenvalue weighted by molar-refractivity contribution is 6.33. The maximum Gasteiger partial charge on any atom is 0.247 e. The molecule has 78 valence electrons. The number of rotatable bonds is 2. The van der Waals surface area contributed by atoms with Gasteiger partial charge in [0.05, 0.1) is 10.7 Å². The maximum absolute atomic E-state index is 5.97. The summed E-state index contributed by atoms with van der Waals surface area (Å²) in [5.74, 6) is 0.502. The molecule has 0 atom stereocenters. The first-order valence-corrected chi connectivity index (χ1v) is 4.59. The van der Waals surface area contributed by atoms with Crippen molar-refractivity contribution in [1.29, 1.82) is 0 Å². The van der Waals surface area contributed by atoms with Gasteiger partial charge >= 0.3 is 0 Å². The van der Waals surface area contributed by atoms with Crippen molar-refractivity contribution in [2.45, 2.75) is 0 Å². The minimum atomic E-state index is 0.502. The van der Waals surface area contributed by atoms with E-state index < -0.39 is 0 Å². The molecule has 1 heterocycles. The first-order valence-electron chi connectivity index (χ1n) is 4.21. The first kappa shape index (κ1) is 9.72. The summed E-state index contributed by atoms with van der Waals surface area (Å²) in [5, 5.41) is 14.5. The lowest BCUT2D eigenvalue weighted by Crippen LogP contribution is -2.01. The Bertz CT molecular complexity index is 480. The summed E-state index contributed by atoms with van der Waals surface area (Å²) in [5.41, 5.74) is 6.94. The Morgan fingerprint density at radius 2 is 2.27 bits per heavy atom. The normalized spacial score (nSPS) is 10.3. The van der Waals surface area contributed by atoms with Crippen LogP contribution in [0.25, 0.3) is 0 Å². The SMILES string of the molecule is Cn1nnnc1Nc1cc(N)ccc1Cl. The molecule has 15 heavy (non-hydrogen) atoms. The van der Waals surface area contributed by atoms with Crippen LogP contribution in [-0.4, -0.2) is 20.2 Å². The van der Waals surface area contributed by atoms with Crippen molar-refractivity contribution in [2.24, 2.45) is 7.05 Å². The first-order chi connectivity index (χ1) is 7.16. The molecule has 0 bridgehead atoms. The number of benzene rings is 1. The van der Waals surface area contributed by atoms with Gasteiger partial charge in [-0.3, -0.25) is 0 Å². The van der Waals surface area contributed by atoms with Gasteiger partial charge in [-0.2, -0.15) is 0 Å². The van der Waals surface area contributed by atoms with Gasteiger partial charge in [-0.15, -0.1) is 0 Å². The van der Waals surface area contributed by atoms with Crippen molar-refractivity contribution in [1.82, 2.24) is 20.2 Å². The number of halogens is 1. The summed E-state index contributed by atoms with van der Waals surface area (Å²) in [6.07, 6.45) is 0. The Morgan fingerprint density at radius 1 is 1.47 bits per heavy atom. The van der Waals surface area contributed by atoms with Crippen molar-refractivity contribution in [3.05, 3.63) is 23.2 Å². The van der Waals surface area contributed by atoms with Gasteiger partial charge in [0, 0.05) is 12.7 Å². The fourth-order valence-electron chi connectivity index (χ4n) is 1.09. The molecule has 0 unspecified atom stereocenters. The van der Waals surface area contributed by atoms with Gasteiger partial charge in [0.25, 0.3) is 0 Å². The Morgan fingerprint density at radius 3 is 2.93 bits per heavy atom. The zero-order valence-electron chi connectivity index (χ0n) is 7.98. The van der Waals surface area contributed by atoms with Crippen molar-refractivity contribution >= 4 is 28.9 Å². The topological polar surface area (TPSA) is 81.7 Å². The summed E-state index contributed by atoms with van der Waals surface area (Å²) in [7, 11) is 1.72. The van der Waals surface area contributed by atoms with Crippen molar-refractivity contribution in [3.63, 3.8) is 0 Å². The fourth-order valence-corrected chi connectivity index (χ4v) is 1.26. The second-order valence-corrected chi connectivity index (χ2v) is 3.40. The highest BCUT2D eigenvalue weighted by Crippen LogP contribution is 2.26. The van der Waals surface area contributed by atoms with E-state index in [0.717, 1.165) is 0 Å². The lowest BCUT2D eigenvalue weighted by molar-refractivity contribution is 0.715. The van der Waals surface area contributed by atoms with E-state index >= 15 is 0 Å². The van der Waals surface area contributed by atoms with Gasteiger partial charge in [-0.05, 0) is 28.6 Å². The number of hydrogen-bond donors (Lipinski definition) is 2. The quantitative estimate of drug-likeness (QED) is 0.749. The molecular formula is C8H9ClN6. The van der Waals surface area contributed by atoms with E-state index in [-0.39, 0.29) is 0 Å². The minimum absolute atomic E-state index is 0.502. The molecule has 0 fully saturated rings. The third kappa shape index (κ3) is 1.99. The van der Waals surface area contributed by atoms with E-state index in [2.05, 4.69) is 20.8 Å². The Labute approximate surface area is 91.0 Å². The van der Waals surface area contributed by atoms with Gasteiger partial charge in [-0.1, -0.05) is 16.7 Å². The standard InChI is InChI=1S/C8H9ClN6/c1-15-8(12-13-14-15)11-7-4-5(10)2-3-6(7)9/h2-4H,10H2,1H3,(H,11,12,14). The predicted octanol–water partition coefficient (Wildman–Crippen LogP) is 1.19. The van der Waals surface area contributed by atoms with Crippen LogP contribution in [0, 0.1) is 0 Å². The highest BCUT2D eigenvalue weighted by atomic mass is 35.5. The van der Waals surface area contributed by atoms with Crippen molar-refractivity contribution in [3.8, 4) is 0 Å². The smallest absolute Gasteiger partial charge is 0.247 e. The van der Waals surface area contributed by atoms with E-state index in [0.29, 0.717) is 22.3 Å². The zero-order chi connectivity index (χ0) is 10.8. The lowest BCUT2D eigenvalue weighted by atomic mass is 10.3. The average Bonchev–Trinajstić information content (AvgIpc) is 2.58. The van der Waals surface area contributed by atoms with Gasteiger partial charge in [0.15, 0.2) is 0 Å². The van der Waals surface area contributed by atoms with E-state index in [4.69, 9.17) is 17.3 Å². The third-order valence-corrected chi connectivity index (χ3v) is 2.19. The van der Waals surface area contributed by atoms with Crippen LogP contribution in [0.15, 0.2) is 18.2 Å². The lowest BCUT2D eigenvalue weighted by Gasteiger charge is -2.06. The van der Waals surface area contributed by atoms with Crippen LogP contribution in [0.3, 0.4) is 0 Å². The largest absolute Gasteiger partial charge is 0.399 e. The molecule has 0 radical (unpaired) electrons. The molecule has 1 aromatic carbocycles. The molecule has 7 heteroatoms. The highest BCUT2D eigenvalue weighted by Gasteiger charge is 2.05. The third-order valence-electron chi connectivity index (χ3n) is 1.86. The molecule has 0 saturated heterocycles. The summed E-state index contributed by atoms with van der Waals surface area (Å²) in [6, 6.07) is 5.16. The molecule has 1 aromatic heterocycles. The molecule has 0 spiro atoms. The Hall–Kier alpha value is -1.82. The monoisotopic (exact) mass is 224 g/mol. The minimum Gasteiger partial charge on any atom is -0.399 e. The van der Waals surface area contributed by atoms with Crippen LogP contribution in [0.4, 0.5) is 17.3 Å². The second kappa shape index (κ2) is 3.74. The van der Waals surface area contributed by atoms with Crippen LogP contribution in [0.5, 0.6) is 0 Å². The predicted molar refractivity (Wildman–Crippen MR) is 57.9 cm³/mol. The number of tetrazole rings is 1. The Kier molecular flexibility index (Phi) is 2.42. The number of aromatic nitrogens is 4. The number of hydrogen-bond acceptors (Lipinski definition) is 5. The number of anilines is 3. The summed E-state index contributed by atoms with van der Waals surface area (Å²) < 4.78 is 1.50. The molecule has 2 rings (SSSR count). The van der Waals surface area contributed by atoms with Crippen LogP contribution in [-0.2, 0) is 7.05 Å². The van der Waals surface area contributed by atoms with Crippen LogP contribution < -0.4 is 11.1 Å². The number of nitrogens with one attached hydrogen (secondary N) is 1. The molecule has 0 saturated carbocycles. The average molecular weight is 225 g/mol. The van der Waals surface area contributed by atoms with E-state index in [9.17, 15) is 0 Å². The summed E-state index contributed by atoms with van der Waals surface area (Å²) in [6.45, 7) is 0. The van der Waals surface area contributed by atoms with Crippen LogP contribution >= 0.6 is 11.6 Å². The van der Waals surface area contributed by atoms with Crippen LogP contribution in [0.2, 0.25) is 5.02 Å². The van der Waals surface area contributed by atoms with E-state index in [1.165, 1.54) is 4.68 Å². The molecule has 0 amide bonds. The van der Waals surface area contributed by atoms with Crippen LogP contribution in [0.1, 0.15) is 0 Å². The van der Waals surface area contributed by atoms with Gasteiger partial charge in [0.2, 0.25) is 5.95 Å². The zero-order valence-corrected chi connectivity index (χ0v) is 8.73. The number of nitrogens with two attached hydrogens (primary N) is 1. The molecule has 0 aliphatic heterocycles. The number of nitrogens with zero attached hydrogens (tertiary/aromatic N) is 4. The molecule has 2 aromatic rings. The molecule has 0 aliphatic carbocycles. The number of nitrogen functional groups attached to an aromatic ring is 1. The molecule has 0 aliphatic rings. The van der Waals surface area contributed by atoms with E-state index in [1.807, 2.05) is 0 Å². The summed E-state index contributed by atoms with van der Waals surface area (Å²) >= 11 is 5.97. The Balaban J connectivity index is 2.32. The van der Waals surface area contributed by atoms with Gasteiger partial charge in [0.1, 0.15) is 0 Å². The maximum atomic E-state index is 5.97. The molecule has 3 N–H and O–H groups in total. The number of aryl methyl sites for hydroxylation is 1. The van der Waals surface area contributed by atoms with Gasteiger partial charge < -0.3 is 11.1 Å².